The lowest BCUT2D eigenvalue weighted by molar-refractivity contribution is 0.0925. The first-order chi connectivity index (χ1) is 10.7. The molecule has 0 unspecified atom stereocenters. The van der Waals surface area contributed by atoms with E-state index in [2.05, 4.69) is 21.2 Å². The van der Waals surface area contributed by atoms with Gasteiger partial charge in [-0.15, -0.1) is 0 Å². The zero-order valence-corrected chi connectivity index (χ0v) is 13.5. The topological polar surface area (TPSA) is 51.5 Å². The van der Waals surface area contributed by atoms with E-state index in [1.54, 1.807) is 13.2 Å². The molecular formula is C17H14BrNO3. The summed E-state index contributed by atoms with van der Waals surface area (Å²) in [6.07, 6.45) is 0. The van der Waals surface area contributed by atoms with Crippen LogP contribution in [-0.2, 0) is 6.54 Å². The van der Waals surface area contributed by atoms with Gasteiger partial charge in [0.25, 0.3) is 5.91 Å². The summed E-state index contributed by atoms with van der Waals surface area (Å²) in [6.45, 7) is 0.434. The van der Waals surface area contributed by atoms with Crippen molar-refractivity contribution in [3.05, 3.63) is 64.3 Å². The first-order valence-electron chi connectivity index (χ1n) is 6.76. The highest BCUT2D eigenvalue weighted by Crippen LogP contribution is 2.23. The molecule has 5 heteroatoms. The maximum absolute atomic E-state index is 12.2. The fourth-order valence-corrected chi connectivity index (χ4v) is 2.47. The van der Waals surface area contributed by atoms with Crippen molar-refractivity contribution < 1.29 is 13.9 Å². The van der Waals surface area contributed by atoms with Crippen LogP contribution >= 0.6 is 15.9 Å². The number of ether oxygens (including phenoxy) is 1. The van der Waals surface area contributed by atoms with Crippen LogP contribution in [0.3, 0.4) is 0 Å². The Kier molecular flexibility index (Phi) is 4.15. The first-order valence-corrected chi connectivity index (χ1v) is 7.55. The van der Waals surface area contributed by atoms with Crippen LogP contribution in [0.25, 0.3) is 11.0 Å². The van der Waals surface area contributed by atoms with Crippen LogP contribution in [0.1, 0.15) is 16.1 Å². The van der Waals surface area contributed by atoms with E-state index < -0.39 is 0 Å². The summed E-state index contributed by atoms with van der Waals surface area (Å²) >= 11 is 3.38. The van der Waals surface area contributed by atoms with Gasteiger partial charge in [-0.2, -0.15) is 0 Å². The van der Waals surface area contributed by atoms with Crippen LogP contribution < -0.4 is 10.1 Å². The van der Waals surface area contributed by atoms with E-state index in [1.807, 2.05) is 42.5 Å². The van der Waals surface area contributed by atoms with Gasteiger partial charge in [0.05, 0.1) is 7.11 Å². The Bertz CT molecular complexity index is 808. The summed E-state index contributed by atoms with van der Waals surface area (Å²) in [4.78, 5) is 12.2. The molecule has 1 amide bonds. The number of hydrogen-bond acceptors (Lipinski definition) is 3. The lowest BCUT2D eigenvalue weighted by Gasteiger charge is -2.04. The fraction of sp³-hybridized carbons (Fsp3) is 0.118. The number of nitrogens with one attached hydrogen (secondary N) is 1. The van der Waals surface area contributed by atoms with Crippen LogP contribution in [0.15, 0.2) is 57.4 Å². The Morgan fingerprint density at radius 2 is 1.95 bits per heavy atom. The molecule has 3 aromatic rings. The minimum Gasteiger partial charge on any atom is -0.497 e. The van der Waals surface area contributed by atoms with E-state index in [0.29, 0.717) is 17.9 Å². The standard InChI is InChI=1S/C17H14BrNO3/c1-21-14-6-2-11(3-7-14)10-19-17(20)16-8-12-4-5-13(18)9-15(12)22-16/h2-9H,10H2,1H3,(H,19,20). The molecule has 0 radical (unpaired) electrons. The average molecular weight is 360 g/mol. The van der Waals surface area contributed by atoms with Crippen LogP contribution in [-0.4, -0.2) is 13.0 Å². The third kappa shape index (κ3) is 3.14. The van der Waals surface area contributed by atoms with Crippen molar-refractivity contribution in [3.63, 3.8) is 0 Å². The third-order valence-corrected chi connectivity index (χ3v) is 3.81. The van der Waals surface area contributed by atoms with E-state index in [4.69, 9.17) is 9.15 Å². The molecule has 0 saturated heterocycles. The van der Waals surface area contributed by atoms with Gasteiger partial charge in [0.2, 0.25) is 0 Å². The molecule has 1 aromatic heterocycles. The Balaban J connectivity index is 1.69. The molecule has 0 aliphatic rings. The zero-order valence-electron chi connectivity index (χ0n) is 11.9. The number of furan rings is 1. The highest BCUT2D eigenvalue weighted by atomic mass is 79.9. The summed E-state index contributed by atoms with van der Waals surface area (Å²) in [5.74, 6) is 0.864. The van der Waals surface area contributed by atoms with E-state index >= 15 is 0 Å². The third-order valence-electron chi connectivity index (χ3n) is 3.32. The number of fused-ring (bicyclic) bond motifs is 1. The van der Waals surface area contributed by atoms with Crippen LogP contribution in [0.4, 0.5) is 0 Å². The molecule has 0 saturated carbocycles. The molecule has 112 valence electrons. The quantitative estimate of drug-likeness (QED) is 0.761. The Morgan fingerprint density at radius 1 is 1.18 bits per heavy atom. The molecule has 0 spiro atoms. The van der Waals surface area contributed by atoms with E-state index in [9.17, 15) is 4.79 Å². The highest BCUT2D eigenvalue weighted by molar-refractivity contribution is 9.10. The molecule has 22 heavy (non-hydrogen) atoms. The normalized spacial score (nSPS) is 10.6. The molecule has 0 bridgehead atoms. The summed E-state index contributed by atoms with van der Waals surface area (Å²) in [6, 6.07) is 14.9. The second-order valence-corrected chi connectivity index (χ2v) is 5.74. The summed E-state index contributed by atoms with van der Waals surface area (Å²) in [7, 11) is 1.62. The Morgan fingerprint density at radius 3 is 2.68 bits per heavy atom. The molecule has 3 rings (SSSR count). The van der Waals surface area contributed by atoms with Gasteiger partial charge in [-0.3, -0.25) is 4.79 Å². The van der Waals surface area contributed by atoms with Crippen LogP contribution in [0.2, 0.25) is 0 Å². The van der Waals surface area contributed by atoms with Gasteiger partial charge in [0.1, 0.15) is 11.3 Å². The molecule has 0 aliphatic heterocycles. The van der Waals surface area contributed by atoms with Gasteiger partial charge in [-0.25, -0.2) is 0 Å². The zero-order chi connectivity index (χ0) is 15.5. The van der Waals surface area contributed by atoms with Crippen molar-refractivity contribution in [2.75, 3.05) is 7.11 Å². The molecule has 4 nitrogen and oxygen atoms in total. The van der Waals surface area contributed by atoms with Crippen molar-refractivity contribution in [2.24, 2.45) is 0 Å². The van der Waals surface area contributed by atoms with Crippen molar-refractivity contribution >= 4 is 32.8 Å². The Labute approximate surface area is 136 Å². The lowest BCUT2D eigenvalue weighted by Crippen LogP contribution is -2.22. The van der Waals surface area contributed by atoms with Gasteiger partial charge in [0.15, 0.2) is 5.76 Å². The molecule has 2 aromatic carbocycles. The second-order valence-electron chi connectivity index (χ2n) is 4.82. The SMILES string of the molecule is COc1ccc(CNC(=O)c2cc3ccc(Br)cc3o2)cc1. The minimum absolute atomic E-state index is 0.233. The summed E-state index contributed by atoms with van der Waals surface area (Å²) < 4.78 is 11.6. The Hall–Kier alpha value is -2.27. The van der Waals surface area contributed by atoms with Crippen LogP contribution in [0, 0.1) is 0 Å². The fourth-order valence-electron chi connectivity index (χ4n) is 2.13. The van der Waals surface area contributed by atoms with Crippen LogP contribution in [0.5, 0.6) is 5.75 Å². The number of amides is 1. The van der Waals surface area contributed by atoms with E-state index in [1.165, 1.54) is 0 Å². The molecule has 1 N–H and O–H groups in total. The summed E-state index contributed by atoms with van der Waals surface area (Å²) in [5.41, 5.74) is 1.68. The maximum Gasteiger partial charge on any atom is 0.287 e. The number of methoxy groups -OCH3 is 1. The number of hydrogen-bond donors (Lipinski definition) is 1. The number of carbonyl (C=O) groups excluding carboxylic acids is 1. The van der Waals surface area contributed by atoms with Crippen molar-refractivity contribution in [1.82, 2.24) is 5.32 Å². The van der Waals surface area contributed by atoms with Gasteiger partial charge in [0, 0.05) is 16.4 Å². The van der Waals surface area contributed by atoms with E-state index in [0.717, 1.165) is 21.2 Å². The minimum atomic E-state index is -0.233. The maximum atomic E-state index is 12.2. The average Bonchev–Trinajstić information content (AvgIpc) is 2.96. The second kappa shape index (κ2) is 6.23. The largest absolute Gasteiger partial charge is 0.497 e. The van der Waals surface area contributed by atoms with Gasteiger partial charge in [-0.1, -0.05) is 28.1 Å². The van der Waals surface area contributed by atoms with Crippen molar-refractivity contribution in [3.8, 4) is 5.75 Å². The predicted octanol–water partition coefficient (Wildman–Crippen LogP) is 4.13. The monoisotopic (exact) mass is 359 g/mol. The van der Waals surface area contributed by atoms with Crippen molar-refractivity contribution in [1.29, 1.82) is 0 Å². The number of rotatable bonds is 4. The smallest absolute Gasteiger partial charge is 0.287 e. The highest BCUT2D eigenvalue weighted by Gasteiger charge is 2.12. The molecule has 1 heterocycles. The van der Waals surface area contributed by atoms with Crippen molar-refractivity contribution in [2.45, 2.75) is 6.54 Å². The number of carbonyl (C=O) groups is 1. The molecule has 0 atom stereocenters. The summed E-state index contributed by atoms with van der Waals surface area (Å²) in [5, 5.41) is 3.74. The van der Waals surface area contributed by atoms with Gasteiger partial charge < -0.3 is 14.5 Å². The van der Waals surface area contributed by atoms with Gasteiger partial charge >= 0.3 is 0 Å². The molecular weight excluding hydrogens is 346 g/mol. The lowest BCUT2D eigenvalue weighted by atomic mass is 10.2. The molecule has 0 fully saturated rings. The predicted molar refractivity (Wildman–Crippen MR) is 88.1 cm³/mol. The number of halogens is 1. The first kappa shape index (κ1) is 14.7. The number of benzene rings is 2. The van der Waals surface area contributed by atoms with E-state index in [-0.39, 0.29) is 5.91 Å². The van der Waals surface area contributed by atoms with Gasteiger partial charge in [-0.05, 0) is 42.0 Å². The molecule has 0 aliphatic carbocycles.